The molecule has 1 fully saturated rings. The van der Waals surface area contributed by atoms with Crippen molar-refractivity contribution in [3.8, 4) is 0 Å². The molecule has 0 unspecified atom stereocenters. The van der Waals surface area contributed by atoms with Gasteiger partial charge in [0.05, 0.1) is 6.26 Å². The van der Waals surface area contributed by atoms with Gasteiger partial charge >= 0.3 is 0 Å². The lowest BCUT2D eigenvalue weighted by atomic mass is 9.98. The third kappa shape index (κ3) is 8.06. The molecule has 1 aliphatic rings. The van der Waals surface area contributed by atoms with Crippen LogP contribution in [0.4, 0.5) is 4.39 Å². The number of hydrogen-bond donors (Lipinski definition) is 2. The molecular weight excluding hydrogens is 387 g/mol. The molecule has 2 rings (SSSR count). The number of halogens is 1. The van der Waals surface area contributed by atoms with Gasteiger partial charge in [0.15, 0.2) is 5.96 Å². The topological polar surface area (TPSA) is 73.8 Å². The van der Waals surface area contributed by atoms with Crippen molar-refractivity contribution in [2.45, 2.75) is 24.2 Å². The smallest absolute Gasteiger partial charge is 0.211 e. The molecule has 2 N–H and O–H groups in total. The highest BCUT2D eigenvalue weighted by molar-refractivity contribution is 7.99. The normalized spacial score (nSPS) is 17.1. The molecule has 1 aromatic carbocycles. The number of aliphatic imine (C=N–C) groups is 1. The van der Waals surface area contributed by atoms with Crippen molar-refractivity contribution in [3.05, 3.63) is 30.1 Å². The van der Waals surface area contributed by atoms with E-state index in [1.54, 1.807) is 35.2 Å². The predicted molar refractivity (Wildman–Crippen MR) is 110 cm³/mol. The SMILES string of the molecule is CN=C(NCCCSc1ccc(F)cc1)NCC1CCN(S(C)(=O)=O)CC1. The molecule has 1 aromatic rings. The van der Waals surface area contributed by atoms with Gasteiger partial charge in [-0.2, -0.15) is 0 Å². The van der Waals surface area contributed by atoms with Crippen LogP contribution in [0.3, 0.4) is 0 Å². The summed E-state index contributed by atoms with van der Waals surface area (Å²) in [5.41, 5.74) is 0. The fourth-order valence-corrected chi connectivity index (χ4v) is 4.63. The molecule has 0 aromatic heterocycles. The highest BCUT2D eigenvalue weighted by atomic mass is 32.2. The minimum atomic E-state index is -3.07. The number of hydrogen-bond acceptors (Lipinski definition) is 4. The maximum atomic E-state index is 12.9. The first kappa shape index (κ1) is 22.0. The molecule has 27 heavy (non-hydrogen) atoms. The highest BCUT2D eigenvalue weighted by Gasteiger charge is 2.24. The first-order chi connectivity index (χ1) is 12.9. The monoisotopic (exact) mass is 416 g/mol. The molecule has 6 nitrogen and oxygen atoms in total. The quantitative estimate of drug-likeness (QED) is 0.294. The van der Waals surface area contributed by atoms with E-state index in [0.717, 1.165) is 49.0 Å². The Morgan fingerprint density at radius 2 is 1.93 bits per heavy atom. The van der Waals surface area contributed by atoms with E-state index in [2.05, 4.69) is 15.6 Å². The number of rotatable bonds is 8. The summed E-state index contributed by atoms with van der Waals surface area (Å²) >= 11 is 1.71. The second-order valence-corrected chi connectivity index (χ2v) is 9.79. The van der Waals surface area contributed by atoms with Gasteiger partial charge in [0.25, 0.3) is 0 Å². The Balaban J connectivity index is 1.59. The van der Waals surface area contributed by atoms with Crippen molar-refractivity contribution in [3.63, 3.8) is 0 Å². The molecule has 0 bridgehead atoms. The lowest BCUT2D eigenvalue weighted by Crippen LogP contribution is -2.44. The minimum Gasteiger partial charge on any atom is -0.356 e. The second kappa shape index (κ2) is 10.9. The molecule has 152 valence electrons. The average molecular weight is 417 g/mol. The number of nitrogens with zero attached hydrogens (tertiary/aromatic N) is 2. The molecule has 0 amide bonds. The molecule has 0 aliphatic carbocycles. The van der Waals surface area contributed by atoms with Gasteiger partial charge in [0, 0.05) is 38.1 Å². The molecular formula is C18H29FN4O2S2. The van der Waals surface area contributed by atoms with E-state index < -0.39 is 10.0 Å². The van der Waals surface area contributed by atoms with Crippen molar-refractivity contribution in [1.82, 2.24) is 14.9 Å². The molecule has 0 atom stereocenters. The summed E-state index contributed by atoms with van der Waals surface area (Å²) in [6.45, 7) is 2.79. The van der Waals surface area contributed by atoms with Crippen LogP contribution in [0.25, 0.3) is 0 Å². The minimum absolute atomic E-state index is 0.210. The molecule has 1 heterocycles. The summed E-state index contributed by atoms with van der Waals surface area (Å²) in [7, 11) is -1.32. The molecule has 0 radical (unpaired) electrons. The van der Waals surface area contributed by atoms with Crippen LogP contribution in [0.1, 0.15) is 19.3 Å². The Morgan fingerprint density at radius 1 is 1.26 bits per heavy atom. The number of piperidine rings is 1. The maximum Gasteiger partial charge on any atom is 0.211 e. The van der Waals surface area contributed by atoms with E-state index in [-0.39, 0.29) is 5.82 Å². The predicted octanol–water partition coefficient (Wildman–Crippen LogP) is 2.14. The number of thioether (sulfide) groups is 1. The second-order valence-electron chi connectivity index (χ2n) is 6.64. The first-order valence-electron chi connectivity index (χ1n) is 9.16. The van der Waals surface area contributed by atoms with E-state index in [1.165, 1.54) is 18.4 Å². The van der Waals surface area contributed by atoms with Gasteiger partial charge in [0.1, 0.15) is 5.82 Å². The van der Waals surface area contributed by atoms with Gasteiger partial charge < -0.3 is 10.6 Å². The van der Waals surface area contributed by atoms with E-state index >= 15 is 0 Å². The first-order valence-corrected chi connectivity index (χ1v) is 12.0. The summed E-state index contributed by atoms with van der Waals surface area (Å²) in [5, 5.41) is 6.63. The van der Waals surface area contributed by atoms with Crippen LogP contribution in [0.2, 0.25) is 0 Å². The van der Waals surface area contributed by atoms with Crippen molar-refractivity contribution >= 4 is 27.7 Å². The van der Waals surface area contributed by atoms with Gasteiger partial charge in [0.2, 0.25) is 10.0 Å². The third-order valence-electron chi connectivity index (χ3n) is 4.52. The molecule has 0 spiro atoms. The zero-order valence-electron chi connectivity index (χ0n) is 15.9. The van der Waals surface area contributed by atoms with Crippen molar-refractivity contribution < 1.29 is 12.8 Å². The Hall–Kier alpha value is -1.32. The third-order valence-corrected chi connectivity index (χ3v) is 6.92. The van der Waals surface area contributed by atoms with Gasteiger partial charge in [-0.25, -0.2) is 17.1 Å². The zero-order chi connectivity index (χ0) is 19.7. The number of nitrogens with one attached hydrogen (secondary N) is 2. The molecule has 1 aliphatic heterocycles. The molecule has 9 heteroatoms. The number of sulfonamides is 1. The summed E-state index contributed by atoms with van der Waals surface area (Å²) in [6, 6.07) is 6.55. The Kier molecular flexibility index (Phi) is 8.85. The Bertz CT molecular complexity index is 703. The summed E-state index contributed by atoms with van der Waals surface area (Å²) in [5.74, 6) is 1.96. The van der Waals surface area contributed by atoms with Crippen LogP contribution in [0.5, 0.6) is 0 Å². The Labute approximate surface area is 166 Å². The van der Waals surface area contributed by atoms with Crippen LogP contribution < -0.4 is 10.6 Å². The van der Waals surface area contributed by atoms with Crippen molar-refractivity contribution in [2.75, 3.05) is 45.2 Å². The van der Waals surface area contributed by atoms with E-state index in [0.29, 0.717) is 19.0 Å². The number of benzene rings is 1. The summed E-state index contributed by atoms with van der Waals surface area (Å²) < 4.78 is 37.5. The van der Waals surface area contributed by atoms with E-state index in [1.807, 2.05) is 0 Å². The van der Waals surface area contributed by atoms with Crippen LogP contribution in [0, 0.1) is 11.7 Å². The lowest BCUT2D eigenvalue weighted by molar-refractivity contribution is 0.275. The summed E-state index contributed by atoms with van der Waals surface area (Å²) in [4.78, 5) is 5.30. The fourth-order valence-electron chi connectivity index (χ4n) is 2.91. The van der Waals surface area contributed by atoms with Gasteiger partial charge in [-0.05, 0) is 55.2 Å². The fraction of sp³-hybridized carbons (Fsp3) is 0.611. The average Bonchev–Trinajstić information content (AvgIpc) is 2.65. The molecule has 1 saturated heterocycles. The van der Waals surface area contributed by atoms with Crippen LogP contribution in [0.15, 0.2) is 34.2 Å². The van der Waals surface area contributed by atoms with Crippen molar-refractivity contribution in [2.24, 2.45) is 10.9 Å². The maximum absolute atomic E-state index is 12.9. The lowest BCUT2D eigenvalue weighted by Gasteiger charge is -2.30. The summed E-state index contributed by atoms with van der Waals surface area (Å²) in [6.07, 6.45) is 3.97. The van der Waals surface area contributed by atoms with Gasteiger partial charge in [-0.15, -0.1) is 11.8 Å². The van der Waals surface area contributed by atoms with Crippen LogP contribution in [-0.4, -0.2) is 63.9 Å². The van der Waals surface area contributed by atoms with Crippen LogP contribution in [-0.2, 0) is 10.0 Å². The van der Waals surface area contributed by atoms with Gasteiger partial charge in [-0.3, -0.25) is 4.99 Å². The van der Waals surface area contributed by atoms with Gasteiger partial charge in [-0.1, -0.05) is 0 Å². The van der Waals surface area contributed by atoms with Crippen molar-refractivity contribution in [1.29, 1.82) is 0 Å². The zero-order valence-corrected chi connectivity index (χ0v) is 17.6. The Morgan fingerprint density at radius 3 is 2.52 bits per heavy atom. The molecule has 0 saturated carbocycles. The largest absolute Gasteiger partial charge is 0.356 e. The van der Waals surface area contributed by atoms with Crippen LogP contribution >= 0.6 is 11.8 Å². The van der Waals surface area contributed by atoms with E-state index in [9.17, 15) is 12.8 Å². The number of guanidine groups is 1. The van der Waals surface area contributed by atoms with E-state index in [4.69, 9.17) is 0 Å². The standard InChI is InChI=1S/C18H29FN4O2S2/c1-20-18(21-10-3-13-26-17-6-4-16(19)5-7-17)22-14-15-8-11-23(12-9-15)27(2,24)25/h4-7,15H,3,8-14H2,1-2H3,(H2,20,21,22). The highest BCUT2D eigenvalue weighted by Crippen LogP contribution is 2.19.